The van der Waals surface area contributed by atoms with Gasteiger partial charge in [-0.15, -0.1) is 0 Å². The second kappa shape index (κ2) is 5.44. The molecule has 2 N–H and O–H groups in total. The molecule has 106 valence electrons. The Balaban J connectivity index is 2.42. The van der Waals surface area contributed by atoms with Crippen molar-refractivity contribution < 1.29 is 17.9 Å². The van der Waals surface area contributed by atoms with Gasteiger partial charge in [0.05, 0.1) is 5.75 Å². The highest BCUT2D eigenvalue weighted by Crippen LogP contribution is 2.20. The number of nitrogens with two attached hydrogens (primary N) is 1. The monoisotopic (exact) mass is 278 g/mol. The van der Waals surface area contributed by atoms with E-state index in [4.69, 9.17) is 9.88 Å². The van der Waals surface area contributed by atoms with E-state index >= 15 is 0 Å². The van der Waals surface area contributed by atoms with Crippen LogP contribution in [0.2, 0.25) is 0 Å². The summed E-state index contributed by atoms with van der Waals surface area (Å²) in [6.45, 7) is 6.50. The lowest BCUT2D eigenvalue weighted by molar-refractivity contribution is 0.0191. The highest BCUT2D eigenvalue weighted by atomic mass is 32.2. The summed E-state index contributed by atoms with van der Waals surface area (Å²) in [6, 6.07) is 0. The Morgan fingerprint density at radius 1 is 1.33 bits per heavy atom. The van der Waals surface area contributed by atoms with Crippen molar-refractivity contribution in [1.29, 1.82) is 0 Å². The summed E-state index contributed by atoms with van der Waals surface area (Å²) in [7, 11) is -3.42. The van der Waals surface area contributed by atoms with Crippen molar-refractivity contribution in [2.75, 3.05) is 18.8 Å². The zero-order valence-electron chi connectivity index (χ0n) is 11.2. The minimum Gasteiger partial charge on any atom is -0.444 e. The van der Waals surface area contributed by atoms with Crippen LogP contribution in [-0.4, -0.2) is 43.9 Å². The summed E-state index contributed by atoms with van der Waals surface area (Å²) in [5, 5.41) is 5.01. The van der Waals surface area contributed by atoms with Crippen molar-refractivity contribution in [3.63, 3.8) is 0 Å². The van der Waals surface area contributed by atoms with Gasteiger partial charge in [0.1, 0.15) is 5.60 Å². The number of hydrogen-bond donors (Lipinski definition) is 1. The molecule has 7 heteroatoms. The van der Waals surface area contributed by atoms with Gasteiger partial charge in [-0.3, -0.25) is 0 Å². The van der Waals surface area contributed by atoms with E-state index in [0.717, 1.165) is 0 Å². The summed E-state index contributed by atoms with van der Waals surface area (Å²) in [6.07, 6.45) is 0.960. The van der Waals surface area contributed by atoms with Crippen LogP contribution in [0.1, 0.15) is 33.6 Å². The normalized spacial score (nSPS) is 18.8. The summed E-state index contributed by atoms with van der Waals surface area (Å²) >= 11 is 0. The molecule has 0 bridgehead atoms. The number of rotatable bonds is 2. The van der Waals surface area contributed by atoms with Crippen molar-refractivity contribution in [2.45, 2.75) is 39.2 Å². The second-order valence-electron chi connectivity index (χ2n) is 5.74. The average Bonchev–Trinajstić information content (AvgIpc) is 2.13. The second-order valence-corrected chi connectivity index (χ2v) is 7.40. The number of nitrogens with zero attached hydrogens (tertiary/aromatic N) is 1. The van der Waals surface area contributed by atoms with E-state index in [2.05, 4.69) is 0 Å². The summed E-state index contributed by atoms with van der Waals surface area (Å²) in [5.41, 5.74) is -0.505. The smallest absolute Gasteiger partial charge is 0.410 e. The lowest BCUT2D eigenvalue weighted by Crippen LogP contribution is -2.43. The number of sulfonamides is 1. The van der Waals surface area contributed by atoms with E-state index in [0.29, 0.717) is 25.9 Å². The number of amides is 1. The third kappa shape index (κ3) is 5.68. The number of carbonyl (C=O) groups excluding carboxylic acids is 1. The third-order valence-electron chi connectivity index (χ3n) is 2.73. The number of carbonyl (C=O) groups is 1. The molecule has 0 aromatic carbocycles. The van der Waals surface area contributed by atoms with E-state index in [9.17, 15) is 13.2 Å². The van der Waals surface area contributed by atoms with Crippen LogP contribution in [-0.2, 0) is 14.8 Å². The van der Waals surface area contributed by atoms with E-state index in [-0.39, 0.29) is 17.8 Å². The van der Waals surface area contributed by atoms with Crippen molar-refractivity contribution >= 4 is 16.1 Å². The van der Waals surface area contributed by atoms with Gasteiger partial charge in [0.25, 0.3) is 0 Å². The van der Waals surface area contributed by atoms with Crippen LogP contribution < -0.4 is 5.14 Å². The standard InChI is InChI=1S/C11H22N2O4S/c1-11(2,3)17-10(14)13-6-4-9(5-7-13)8-18(12,15)16/h9H,4-8H2,1-3H3,(H2,12,15,16). The summed E-state index contributed by atoms with van der Waals surface area (Å²) in [5.74, 6) is 0.0356. The van der Waals surface area contributed by atoms with E-state index in [1.807, 2.05) is 20.8 Å². The van der Waals surface area contributed by atoms with Crippen LogP contribution in [0.15, 0.2) is 0 Å². The largest absolute Gasteiger partial charge is 0.444 e. The van der Waals surface area contributed by atoms with Crippen LogP contribution >= 0.6 is 0 Å². The zero-order chi connectivity index (χ0) is 14.0. The first kappa shape index (κ1) is 15.2. The first-order chi connectivity index (χ1) is 8.07. The average molecular weight is 278 g/mol. The molecule has 0 aliphatic carbocycles. The molecule has 6 nitrogen and oxygen atoms in total. The molecular formula is C11H22N2O4S. The van der Waals surface area contributed by atoms with Crippen LogP contribution in [0.25, 0.3) is 0 Å². The Kier molecular flexibility index (Phi) is 4.61. The van der Waals surface area contributed by atoms with Gasteiger partial charge in [-0.1, -0.05) is 0 Å². The van der Waals surface area contributed by atoms with E-state index < -0.39 is 15.6 Å². The lowest BCUT2D eigenvalue weighted by atomic mass is 9.99. The quantitative estimate of drug-likeness (QED) is 0.813. The van der Waals surface area contributed by atoms with Gasteiger partial charge in [-0.05, 0) is 39.5 Å². The maximum Gasteiger partial charge on any atom is 0.410 e. The molecule has 1 fully saturated rings. The molecule has 0 aromatic rings. The molecule has 1 aliphatic rings. The lowest BCUT2D eigenvalue weighted by Gasteiger charge is -2.33. The molecule has 0 saturated carbocycles. The Hall–Kier alpha value is -0.820. The highest BCUT2D eigenvalue weighted by Gasteiger charge is 2.28. The predicted molar refractivity (Wildman–Crippen MR) is 68.5 cm³/mol. The summed E-state index contributed by atoms with van der Waals surface area (Å²) in [4.78, 5) is 13.4. The van der Waals surface area contributed by atoms with Gasteiger partial charge >= 0.3 is 6.09 Å². The third-order valence-corrected chi connectivity index (χ3v) is 3.67. The molecule has 1 rings (SSSR count). The van der Waals surface area contributed by atoms with Gasteiger partial charge < -0.3 is 9.64 Å². The number of likely N-dealkylation sites (tertiary alicyclic amines) is 1. The molecule has 1 heterocycles. The predicted octanol–water partition coefficient (Wildman–Crippen LogP) is 0.922. The fourth-order valence-electron chi connectivity index (χ4n) is 1.94. The molecule has 18 heavy (non-hydrogen) atoms. The molecule has 1 aliphatic heterocycles. The number of piperidine rings is 1. The number of ether oxygens (including phenoxy) is 1. The Bertz CT molecular complexity index is 392. The topological polar surface area (TPSA) is 89.7 Å². The molecule has 0 spiro atoms. The van der Waals surface area contributed by atoms with Gasteiger partial charge in [-0.25, -0.2) is 18.4 Å². The molecule has 0 radical (unpaired) electrons. The Labute approximate surface area is 109 Å². The van der Waals surface area contributed by atoms with Gasteiger partial charge in [-0.2, -0.15) is 0 Å². The van der Waals surface area contributed by atoms with Crippen molar-refractivity contribution in [2.24, 2.45) is 11.1 Å². The Morgan fingerprint density at radius 2 is 1.83 bits per heavy atom. The maximum atomic E-state index is 11.8. The first-order valence-corrected chi connectivity index (χ1v) is 7.77. The SMILES string of the molecule is CC(C)(C)OC(=O)N1CCC(CS(N)(=O)=O)CC1. The van der Waals surface area contributed by atoms with Crippen LogP contribution in [0, 0.1) is 5.92 Å². The molecule has 0 aromatic heterocycles. The van der Waals surface area contributed by atoms with Crippen molar-refractivity contribution in [3.8, 4) is 0 Å². The first-order valence-electron chi connectivity index (χ1n) is 6.05. The van der Waals surface area contributed by atoms with Crippen LogP contribution in [0.5, 0.6) is 0 Å². The molecule has 1 saturated heterocycles. The van der Waals surface area contributed by atoms with Crippen molar-refractivity contribution in [3.05, 3.63) is 0 Å². The fourth-order valence-corrected chi connectivity index (χ4v) is 2.93. The minimum atomic E-state index is -3.42. The molecule has 1 amide bonds. The molecular weight excluding hydrogens is 256 g/mol. The van der Waals surface area contributed by atoms with E-state index in [1.54, 1.807) is 4.90 Å². The fraction of sp³-hybridized carbons (Fsp3) is 0.909. The highest BCUT2D eigenvalue weighted by molar-refractivity contribution is 7.89. The van der Waals surface area contributed by atoms with Crippen LogP contribution in [0.4, 0.5) is 4.79 Å². The van der Waals surface area contributed by atoms with Crippen LogP contribution in [0.3, 0.4) is 0 Å². The Morgan fingerprint density at radius 3 is 2.22 bits per heavy atom. The zero-order valence-corrected chi connectivity index (χ0v) is 12.0. The molecule has 0 atom stereocenters. The van der Waals surface area contributed by atoms with Crippen molar-refractivity contribution in [1.82, 2.24) is 4.90 Å². The molecule has 0 unspecified atom stereocenters. The van der Waals surface area contributed by atoms with Gasteiger partial charge in [0.15, 0.2) is 0 Å². The van der Waals surface area contributed by atoms with E-state index in [1.165, 1.54) is 0 Å². The van der Waals surface area contributed by atoms with Gasteiger partial charge in [0.2, 0.25) is 10.0 Å². The maximum absolute atomic E-state index is 11.8. The number of hydrogen-bond acceptors (Lipinski definition) is 4. The number of primary sulfonamides is 1. The van der Waals surface area contributed by atoms with Gasteiger partial charge in [0, 0.05) is 13.1 Å². The minimum absolute atomic E-state index is 0.00480. The summed E-state index contributed by atoms with van der Waals surface area (Å²) < 4.78 is 27.2.